The van der Waals surface area contributed by atoms with Gasteiger partial charge in [0.1, 0.15) is 4.88 Å². The van der Waals surface area contributed by atoms with Gasteiger partial charge in [-0.15, -0.1) is 11.3 Å². The number of esters is 1. The Balaban J connectivity index is 1.79. The van der Waals surface area contributed by atoms with E-state index in [0.717, 1.165) is 16.0 Å². The number of amides is 1. The molecule has 0 fully saturated rings. The maximum absolute atomic E-state index is 12.7. The Morgan fingerprint density at radius 2 is 1.94 bits per heavy atom. The molecule has 2 N–H and O–H groups in total. The first-order chi connectivity index (χ1) is 15.3. The van der Waals surface area contributed by atoms with E-state index in [-0.39, 0.29) is 30.9 Å². The molecule has 0 aliphatic heterocycles. The molecule has 9 heteroatoms. The lowest BCUT2D eigenvalue weighted by atomic mass is 10.1. The highest BCUT2D eigenvalue weighted by Gasteiger charge is 2.20. The van der Waals surface area contributed by atoms with Crippen molar-refractivity contribution < 1.29 is 14.3 Å². The van der Waals surface area contributed by atoms with Gasteiger partial charge in [0, 0.05) is 22.6 Å². The molecule has 3 aromatic rings. The van der Waals surface area contributed by atoms with Gasteiger partial charge in [-0.3, -0.25) is 9.59 Å². The zero-order valence-corrected chi connectivity index (χ0v) is 20.0. The van der Waals surface area contributed by atoms with Crippen LogP contribution in [0, 0.1) is 13.8 Å². The Morgan fingerprint density at radius 1 is 1.22 bits per heavy atom. The summed E-state index contributed by atoms with van der Waals surface area (Å²) in [5.41, 5.74) is 3.35. The van der Waals surface area contributed by atoms with Gasteiger partial charge in [-0.05, 0) is 45.1 Å². The first-order valence-electron chi connectivity index (χ1n) is 10.1. The van der Waals surface area contributed by atoms with Gasteiger partial charge < -0.3 is 15.0 Å². The Labute approximate surface area is 194 Å². The molecular weight excluding hydrogens is 446 g/mol. The van der Waals surface area contributed by atoms with Gasteiger partial charge in [0.05, 0.1) is 12.3 Å². The number of H-pyrrole nitrogens is 1. The molecule has 1 aromatic carbocycles. The van der Waals surface area contributed by atoms with E-state index in [0.29, 0.717) is 27.0 Å². The zero-order chi connectivity index (χ0) is 23.3. The molecule has 1 amide bonds. The fraction of sp³-hybridized carbons (Fsp3) is 0.304. The minimum Gasteiger partial charge on any atom is -0.462 e. The quantitative estimate of drug-likeness (QED) is 0.283. The first kappa shape index (κ1) is 23.7. The fourth-order valence-electron chi connectivity index (χ4n) is 3.12. The van der Waals surface area contributed by atoms with Gasteiger partial charge >= 0.3 is 5.97 Å². The molecule has 3 rings (SSSR count). The lowest BCUT2D eigenvalue weighted by Crippen LogP contribution is -2.20. The number of aromatic amines is 1. The maximum atomic E-state index is 12.7. The number of nitrogens with zero attached hydrogens (tertiary/aromatic N) is 1. The van der Waals surface area contributed by atoms with Crippen molar-refractivity contribution in [1.82, 2.24) is 9.97 Å². The second kappa shape index (κ2) is 10.6. The summed E-state index contributed by atoms with van der Waals surface area (Å²) in [4.78, 5) is 45.6. The summed E-state index contributed by atoms with van der Waals surface area (Å²) >= 11 is 2.63. The number of carbonyl (C=O) groups excluding carboxylic acids is 2. The van der Waals surface area contributed by atoms with Crippen molar-refractivity contribution in [2.45, 2.75) is 38.8 Å². The molecule has 2 aromatic heterocycles. The summed E-state index contributed by atoms with van der Waals surface area (Å²) in [6.07, 6.45) is 2.16. The number of anilines is 1. The summed E-state index contributed by atoms with van der Waals surface area (Å²) in [6.45, 7) is 5.74. The van der Waals surface area contributed by atoms with E-state index in [9.17, 15) is 14.4 Å². The van der Waals surface area contributed by atoms with Crippen LogP contribution in [0.5, 0.6) is 0 Å². The van der Waals surface area contributed by atoms with E-state index in [1.54, 1.807) is 19.9 Å². The normalized spacial score (nSPS) is 10.8. The molecule has 168 valence electrons. The predicted octanol–water partition coefficient (Wildman–Crippen LogP) is 4.59. The summed E-state index contributed by atoms with van der Waals surface area (Å²) in [5.74, 6) is -0.771. The van der Waals surface area contributed by atoms with Crippen LogP contribution in [-0.4, -0.2) is 34.7 Å². The Kier molecular flexibility index (Phi) is 7.87. The molecular formula is C23H25N3O4S2. The Morgan fingerprint density at radius 3 is 2.56 bits per heavy atom. The number of thiophene rings is 1. The second-order valence-electron chi connectivity index (χ2n) is 7.13. The van der Waals surface area contributed by atoms with Crippen molar-refractivity contribution in [3.8, 4) is 10.4 Å². The number of nitrogens with one attached hydrogen (secondary N) is 2. The number of aryl methyl sites for hydroxylation is 2. The van der Waals surface area contributed by atoms with Crippen LogP contribution in [0.25, 0.3) is 10.4 Å². The monoisotopic (exact) mass is 471 g/mol. The van der Waals surface area contributed by atoms with Crippen LogP contribution in [0.4, 0.5) is 5.69 Å². The van der Waals surface area contributed by atoms with Crippen molar-refractivity contribution >= 4 is 40.7 Å². The number of hydrogen-bond acceptors (Lipinski definition) is 7. The molecule has 0 bridgehead atoms. The summed E-state index contributed by atoms with van der Waals surface area (Å²) < 4.78 is 5.17. The molecule has 2 heterocycles. The van der Waals surface area contributed by atoms with Crippen molar-refractivity contribution in [3.63, 3.8) is 0 Å². The lowest BCUT2D eigenvalue weighted by Gasteiger charge is -2.08. The number of thioether (sulfide) groups is 1. The highest BCUT2D eigenvalue weighted by Crippen LogP contribution is 2.35. The lowest BCUT2D eigenvalue weighted by molar-refractivity contribution is -0.116. The second-order valence-corrected chi connectivity index (χ2v) is 8.97. The van der Waals surface area contributed by atoms with Gasteiger partial charge in [0.15, 0.2) is 5.16 Å². The van der Waals surface area contributed by atoms with E-state index < -0.39 is 5.97 Å². The van der Waals surface area contributed by atoms with Gasteiger partial charge in [0.25, 0.3) is 5.56 Å². The Hall–Kier alpha value is -2.91. The molecule has 0 aliphatic rings. The van der Waals surface area contributed by atoms with Gasteiger partial charge in [-0.1, -0.05) is 41.6 Å². The summed E-state index contributed by atoms with van der Waals surface area (Å²) in [6, 6.07) is 9.72. The molecule has 32 heavy (non-hydrogen) atoms. The molecule has 7 nitrogen and oxygen atoms in total. The topological polar surface area (TPSA) is 101 Å². The first-order valence-corrected chi connectivity index (χ1v) is 12.2. The maximum Gasteiger partial charge on any atom is 0.350 e. The fourth-order valence-corrected chi connectivity index (χ4v) is 4.55. The van der Waals surface area contributed by atoms with Crippen LogP contribution in [0.15, 0.2) is 40.3 Å². The van der Waals surface area contributed by atoms with Gasteiger partial charge in [-0.2, -0.15) is 0 Å². The third kappa shape index (κ3) is 5.66. The van der Waals surface area contributed by atoms with Crippen molar-refractivity contribution in [1.29, 1.82) is 0 Å². The standard InChI is InChI=1S/C23H25N3O4S2/c1-5-30-22(29)20-17(12-18(32-20)15-8-6-13(2)7-9-15)25-19(27)11-10-16-14(3)24-23(31-4)26-21(16)28/h6-9,12H,5,10-11H2,1-4H3,(H,25,27)(H,24,26,28). The molecule has 0 aliphatic carbocycles. The van der Waals surface area contributed by atoms with E-state index in [1.165, 1.54) is 23.1 Å². The Bertz CT molecular complexity index is 1180. The average Bonchev–Trinajstić information content (AvgIpc) is 3.17. The van der Waals surface area contributed by atoms with E-state index in [2.05, 4.69) is 15.3 Å². The number of benzene rings is 1. The van der Waals surface area contributed by atoms with Crippen molar-refractivity contribution in [3.05, 3.63) is 62.4 Å². The molecule has 0 saturated heterocycles. The molecule has 0 atom stereocenters. The average molecular weight is 472 g/mol. The number of hydrogen-bond donors (Lipinski definition) is 2. The van der Waals surface area contributed by atoms with Crippen molar-refractivity contribution in [2.24, 2.45) is 0 Å². The third-order valence-electron chi connectivity index (χ3n) is 4.80. The zero-order valence-electron chi connectivity index (χ0n) is 18.4. The minimum atomic E-state index is -0.477. The number of rotatable bonds is 8. The van der Waals surface area contributed by atoms with E-state index in [1.807, 2.05) is 37.4 Å². The molecule has 0 unspecified atom stereocenters. The molecule has 0 radical (unpaired) electrons. The van der Waals surface area contributed by atoms with Gasteiger partial charge in [0.2, 0.25) is 5.91 Å². The molecule has 0 spiro atoms. The largest absolute Gasteiger partial charge is 0.462 e. The van der Waals surface area contributed by atoms with Gasteiger partial charge in [-0.25, -0.2) is 9.78 Å². The number of carbonyl (C=O) groups is 2. The number of aromatic nitrogens is 2. The molecule has 0 saturated carbocycles. The van der Waals surface area contributed by atoms with Crippen LogP contribution in [0.1, 0.15) is 39.8 Å². The minimum absolute atomic E-state index is 0.0855. The van der Waals surface area contributed by atoms with E-state index >= 15 is 0 Å². The summed E-state index contributed by atoms with van der Waals surface area (Å²) in [7, 11) is 0. The smallest absolute Gasteiger partial charge is 0.350 e. The predicted molar refractivity (Wildman–Crippen MR) is 129 cm³/mol. The van der Waals surface area contributed by atoms with E-state index in [4.69, 9.17) is 4.74 Å². The van der Waals surface area contributed by atoms with Crippen LogP contribution < -0.4 is 10.9 Å². The van der Waals surface area contributed by atoms with Crippen LogP contribution in [0.3, 0.4) is 0 Å². The highest BCUT2D eigenvalue weighted by molar-refractivity contribution is 7.98. The summed E-state index contributed by atoms with van der Waals surface area (Å²) in [5, 5.41) is 3.36. The highest BCUT2D eigenvalue weighted by atomic mass is 32.2. The van der Waals surface area contributed by atoms with Crippen LogP contribution >= 0.6 is 23.1 Å². The third-order valence-corrected chi connectivity index (χ3v) is 6.54. The van der Waals surface area contributed by atoms with Crippen LogP contribution in [0.2, 0.25) is 0 Å². The van der Waals surface area contributed by atoms with Crippen LogP contribution in [-0.2, 0) is 16.0 Å². The number of ether oxygens (including phenoxy) is 1. The SMILES string of the molecule is CCOC(=O)c1sc(-c2ccc(C)cc2)cc1NC(=O)CCc1c(C)nc(SC)[nH]c1=O. The van der Waals surface area contributed by atoms with Crippen molar-refractivity contribution in [2.75, 3.05) is 18.2 Å².